The molecule has 0 atom stereocenters. The number of hydrogen-bond donors (Lipinski definition) is 1. The molecule has 0 saturated heterocycles. The highest BCUT2D eigenvalue weighted by Crippen LogP contribution is 2.15. The smallest absolute Gasteiger partial charge is 0.173 e. The van der Waals surface area contributed by atoms with Crippen molar-refractivity contribution in [2.45, 2.75) is 33.7 Å². The summed E-state index contributed by atoms with van der Waals surface area (Å²) in [5.74, 6) is 0. The molecule has 0 fully saturated rings. The predicted octanol–water partition coefficient (Wildman–Crippen LogP) is 4.91. The van der Waals surface area contributed by atoms with Crippen LogP contribution in [0.5, 0.6) is 0 Å². The largest absolute Gasteiger partial charge is 0.345 e. The summed E-state index contributed by atoms with van der Waals surface area (Å²) < 4.78 is 0. The second-order valence-corrected chi connectivity index (χ2v) is 6.10. The molecule has 0 aliphatic heterocycles. The Labute approximate surface area is 139 Å². The van der Waals surface area contributed by atoms with E-state index >= 15 is 0 Å². The Morgan fingerprint density at radius 2 is 1.68 bits per heavy atom. The minimum atomic E-state index is 0.788. The van der Waals surface area contributed by atoms with Gasteiger partial charge in [-0.15, -0.1) is 0 Å². The number of rotatable bonds is 5. The fourth-order valence-electron chi connectivity index (χ4n) is 2.58. The van der Waals surface area contributed by atoms with E-state index in [-0.39, 0.29) is 0 Å². The summed E-state index contributed by atoms with van der Waals surface area (Å²) in [7, 11) is 0. The van der Waals surface area contributed by atoms with E-state index in [4.69, 9.17) is 12.2 Å². The Morgan fingerprint density at radius 3 is 2.27 bits per heavy atom. The Balaban J connectivity index is 2.09. The van der Waals surface area contributed by atoms with Crippen LogP contribution in [0.2, 0.25) is 0 Å². The van der Waals surface area contributed by atoms with E-state index < -0.39 is 0 Å². The van der Waals surface area contributed by atoms with Gasteiger partial charge in [-0.2, -0.15) is 0 Å². The maximum atomic E-state index is 5.62. The lowest BCUT2D eigenvalue weighted by atomic mass is 10.1. The summed E-state index contributed by atoms with van der Waals surface area (Å²) in [6, 6.07) is 16.9. The average molecular weight is 312 g/mol. The fourth-order valence-corrected chi connectivity index (χ4v) is 2.85. The van der Waals surface area contributed by atoms with Crippen LogP contribution < -0.4 is 5.32 Å². The van der Waals surface area contributed by atoms with E-state index in [0.717, 1.165) is 30.3 Å². The lowest BCUT2D eigenvalue weighted by molar-refractivity contribution is 0.418. The summed E-state index contributed by atoms with van der Waals surface area (Å²) in [6.45, 7) is 8.18. The highest BCUT2D eigenvalue weighted by Gasteiger charge is 2.10. The number of nitrogens with one attached hydrogen (secondary N) is 1. The van der Waals surface area contributed by atoms with Gasteiger partial charge in [-0.1, -0.05) is 43.3 Å². The molecule has 22 heavy (non-hydrogen) atoms. The summed E-state index contributed by atoms with van der Waals surface area (Å²) in [5, 5.41) is 4.17. The summed E-state index contributed by atoms with van der Waals surface area (Å²) in [4.78, 5) is 2.22. The molecular formula is C19H24N2S. The highest BCUT2D eigenvalue weighted by atomic mass is 32.1. The fraction of sp³-hybridized carbons (Fsp3) is 0.316. The van der Waals surface area contributed by atoms with Crippen LogP contribution >= 0.6 is 12.2 Å². The Hall–Kier alpha value is -1.87. The molecule has 0 amide bonds. The van der Waals surface area contributed by atoms with E-state index in [1.54, 1.807) is 0 Å². The maximum absolute atomic E-state index is 5.62. The van der Waals surface area contributed by atoms with Gasteiger partial charge in [-0.3, -0.25) is 0 Å². The van der Waals surface area contributed by atoms with Gasteiger partial charge in [0, 0.05) is 18.8 Å². The van der Waals surface area contributed by atoms with Crippen LogP contribution in [0.15, 0.2) is 48.5 Å². The van der Waals surface area contributed by atoms with Crippen molar-refractivity contribution >= 4 is 23.0 Å². The second-order valence-electron chi connectivity index (χ2n) is 5.71. The third kappa shape index (κ3) is 4.85. The topological polar surface area (TPSA) is 15.3 Å². The number of hydrogen-bond acceptors (Lipinski definition) is 1. The molecule has 2 rings (SSSR count). The maximum Gasteiger partial charge on any atom is 0.173 e. The van der Waals surface area contributed by atoms with Gasteiger partial charge in [-0.25, -0.2) is 0 Å². The Kier molecular flexibility index (Phi) is 5.96. The molecule has 0 unspecified atom stereocenters. The van der Waals surface area contributed by atoms with Crippen LogP contribution in [-0.4, -0.2) is 16.6 Å². The third-order valence-corrected chi connectivity index (χ3v) is 3.83. The zero-order chi connectivity index (χ0) is 15.9. The van der Waals surface area contributed by atoms with Gasteiger partial charge >= 0.3 is 0 Å². The van der Waals surface area contributed by atoms with Crippen molar-refractivity contribution in [2.24, 2.45) is 0 Å². The van der Waals surface area contributed by atoms with E-state index in [1.807, 2.05) is 6.07 Å². The van der Waals surface area contributed by atoms with Crippen LogP contribution in [0.4, 0.5) is 5.69 Å². The predicted molar refractivity (Wildman–Crippen MR) is 99.3 cm³/mol. The summed E-state index contributed by atoms with van der Waals surface area (Å²) in [6.07, 6.45) is 1.07. The molecule has 0 aromatic heterocycles. The monoisotopic (exact) mass is 312 g/mol. The van der Waals surface area contributed by atoms with Crippen molar-refractivity contribution in [3.63, 3.8) is 0 Å². The van der Waals surface area contributed by atoms with Gasteiger partial charge in [0.25, 0.3) is 0 Å². The van der Waals surface area contributed by atoms with E-state index in [2.05, 4.69) is 73.5 Å². The van der Waals surface area contributed by atoms with Crippen LogP contribution in [-0.2, 0) is 6.54 Å². The molecule has 116 valence electrons. The number of nitrogens with zero attached hydrogens (tertiary/aromatic N) is 1. The molecule has 2 nitrogen and oxygen atoms in total. The molecule has 0 heterocycles. The number of thiocarbonyl (C=S) groups is 1. The van der Waals surface area contributed by atoms with Crippen molar-refractivity contribution in [1.82, 2.24) is 4.90 Å². The molecule has 0 spiro atoms. The number of anilines is 1. The molecule has 2 aromatic rings. The first-order valence-electron chi connectivity index (χ1n) is 7.76. The molecule has 0 aliphatic rings. The number of benzene rings is 2. The van der Waals surface area contributed by atoms with Crippen molar-refractivity contribution in [1.29, 1.82) is 0 Å². The van der Waals surface area contributed by atoms with Gasteiger partial charge in [-0.05, 0) is 61.3 Å². The third-order valence-electron chi connectivity index (χ3n) is 3.47. The first kappa shape index (κ1) is 16.5. The Bertz CT molecular complexity index is 602. The summed E-state index contributed by atoms with van der Waals surface area (Å²) in [5.41, 5.74) is 4.84. The highest BCUT2D eigenvalue weighted by molar-refractivity contribution is 7.80. The molecule has 2 aromatic carbocycles. The average Bonchev–Trinajstić information content (AvgIpc) is 2.46. The summed E-state index contributed by atoms with van der Waals surface area (Å²) >= 11 is 5.62. The van der Waals surface area contributed by atoms with Gasteiger partial charge in [0.2, 0.25) is 0 Å². The van der Waals surface area contributed by atoms with E-state index in [1.165, 1.54) is 16.7 Å². The molecule has 0 radical (unpaired) electrons. The van der Waals surface area contributed by atoms with Crippen molar-refractivity contribution in [3.05, 3.63) is 65.2 Å². The van der Waals surface area contributed by atoms with E-state index in [0.29, 0.717) is 0 Å². The lowest BCUT2D eigenvalue weighted by Gasteiger charge is -2.26. The van der Waals surface area contributed by atoms with Gasteiger partial charge in [0.1, 0.15) is 0 Å². The molecule has 0 bridgehead atoms. The van der Waals surface area contributed by atoms with Crippen LogP contribution in [0, 0.1) is 13.8 Å². The normalized spacial score (nSPS) is 10.3. The van der Waals surface area contributed by atoms with Crippen molar-refractivity contribution in [3.8, 4) is 0 Å². The van der Waals surface area contributed by atoms with Crippen LogP contribution in [0.25, 0.3) is 0 Å². The second kappa shape index (κ2) is 7.95. The van der Waals surface area contributed by atoms with Crippen molar-refractivity contribution in [2.75, 3.05) is 11.9 Å². The standard InChI is InChI=1S/C19H24N2S/c1-4-10-21(14-17-8-6-5-7-9-17)19(22)20-18-12-15(2)11-16(3)13-18/h5-9,11-13H,4,10,14H2,1-3H3,(H,20,22). The first-order chi connectivity index (χ1) is 10.6. The van der Waals surface area contributed by atoms with Gasteiger partial charge in [0.05, 0.1) is 0 Å². The Morgan fingerprint density at radius 1 is 1.05 bits per heavy atom. The first-order valence-corrected chi connectivity index (χ1v) is 8.17. The minimum Gasteiger partial charge on any atom is -0.345 e. The van der Waals surface area contributed by atoms with Gasteiger partial charge in [0.15, 0.2) is 5.11 Å². The van der Waals surface area contributed by atoms with E-state index in [9.17, 15) is 0 Å². The van der Waals surface area contributed by atoms with Crippen molar-refractivity contribution < 1.29 is 0 Å². The lowest BCUT2D eigenvalue weighted by Crippen LogP contribution is -2.34. The number of aryl methyl sites for hydroxylation is 2. The molecule has 0 saturated carbocycles. The van der Waals surface area contributed by atoms with Crippen LogP contribution in [0.3, 0.4) is 0 Å². The molecule has 0 aliphatic carbocycles. The van der Waals surface area contributed by atoms with Gasteiger partial charge < -0.3 is 10.2 Å². The zero-order valence-corrected chi connectivity index (χ0v) is 14.4. The SMILES string of the molecule is CCCN(Cc1ccccc1)C(=S)Nc1cc(C)cc(C)c1. The quantitative estimate of drug-likeness (QED) is 0.790. The molecule has 1 N–H and O–H groups in total. The van der Waals surface area contributed by atoms with Crippen LogP contribution in [0.1, 0.15) is 30.0 Å². The molecular weight excluding hydrogens is 288 g/mol. The molecule has 3 heteroatoms. The minimum absolute atomic E-state index is 0.788. The zero-order valence-electron chi connectivity index (χ0n) is 13.6.